The Kier molecular flexibility index (Phi) is 4.77. The number of halogens is 1. The van der Waals surface area contributed by atoms with E-state index in [1.54, 1.807) is 12.1 Å². The Labute approximate surface area is 101 Å². The van der Waals surface area contributed by atoms with Gasteiger partial charge in [0.1, 0.15) is 9.84 Å². The smallest absolute Gasteiger partial charge is 0.147 e. The van der Waals surface area contributed by atoms with Gasteiger partial charge in [-0.05, 0) is 18.1 Å². The molecule has 1 atom stereocenters. The second-order valence-electron chi connectivity index (χ2n) is 3.82. The number of rotatable bonds is 5. The van der Waals surface area contributed by atoms with E-state index in [0.717, 1.165) is 5.56 Å². The van der Waals surface area contributed by atoms with Crippen LogP contribution in [0.4, 0.5) is 0 Å². The number of hydrogen-bond acceptors (Lipinski definition) is 3. The molecule has 0 aliphatic carbocycles. The summed E-state index contributed by atoms with van der Waals surface area (Å²) in [5.74, 6) is -0.160. The van der Waals surface area contributed by atoms with Crippen LogP contribution in [0.2, 0.25) is 5.02 Å². The van der Waals surface area contributed by atoms with Crippen molar-refractivity contribution in [2.24, 2.45) is 0 Å². The standard InChI is InChI=1S/C11H15ClO3S/c1-16(14,15)7-6-9(8-13)10-4-2-3-5-11(10)12/h2-5,9,13H,6-8H2,1H3. The van der Waals surface area contributed by atoms with E-state index < -0.39 is 9.84 Å². The molecule has 5 heteroatoms. The molecule has 0 aliphatic rings. The Balaban J connectivity index is 2.79. The highest BCUT2D eigenvalue weighted by molar-refractivity contribution is 7.90. The molecule has 0 heterocycles. The summed E-state index contributed by atoms with van der Waals surface area (Å²) in [5, 5.41) is 9.81. The topological polar surface area (TPSA) is 54.4 Å². The molecule has 0 spiro atoms. The molecular weight excluding hydrogens is 248 g/mol. The lowest BCUT2D eigenvalue weighted by molar-refractivity contribution is 0.262. The maximum atomic E-state index is 11.1. The number of aliphatic hydroxyl groups is 1. The Morgan fingerprint density at radius 1 is 1.38 bits per heavy atom. The Bertz CT molecular complexity index is 442. The second kappa shape index (κ2) is 5.66. The highest BCUT2D eigenvalue weighted by Crippen LogP contribution is 2.26. The van der Waals surface area contributed by atoms with Gasteiger partial charge in [-0.2, -0.15) is 0 Å². The number of hydrogen-bond donors (Lipinski definition) is 1. The molecule has 90 valence electrons. The van der Waals surface area contributed by atoms with Crippen LogP contribution in [0.3, 0.4) is 0 Å². The SMILES string of the molecule is CS(=O)(=O)CCC(CO)c1ccccc1Cl. The summed E-state index contributed by atoms with van der Waals surface area (Å²) in [4.78, 5) is 0. The van der Waals surface area contributed by atoms with Crippen LogP contribution in [-0.4, -0.2) is 32.1 Å². The van der Waals surface area contributed by atoms with Crippen LogP contribution in [0.5, 0.6) is 0 Å². The van der Waals surface area contributed by atoms with E-state index in [2.05, 4.69) is 0 Å². The van der Waals surface area contributed by atoms with Crippen LogP contribution in [0.15, 0.2) is 24.3 Å². The lowest BCUT2D eigenvalue weighted by Gasteiger charge is -2.15. The summed E-state index contributed by atoms with van der Waals surface area (Å²) >= 11 is 5.99. The van der Waals surface area contributed by atoms with Gasteiger partial charge >= 0.3 is 0 Å². The van der Waals surface area contributed by atoms with Gasteiger partial charge in [0.05, 0.1) is 12.4 Å². The van der Waals surface area contributed by atoms with Crippen LogP contribution in [-0.2, 0) is 9.84 Å². The van der Waals surface area contributed by atoms with Gasteiger partial charge in [-0.15, -0.1) is 0 Å². The molecule has 0 fully saturated rings. The van der Waals surface area contributed by atoms with E-state index in [-0.39, 0.29) is 18.3 Å². The zero-order valence-electron chi connectivity index (χ0n) is 9.06. The molecular formula is C11H15ClO3S. The van der Waals surface area contributed by atoms with Gasteiger partial charge in [0.25, 0.3) is 0 Å². The lowest BCUT2D eigenvalue weighted by Crippen LogP contribution is -2.12. The van der Waals surface area contributed by atoms with E-state index in [1.807, 2.05) is 12.1 Å². The monoisotopic (exact) mass is 262 g/mol. The molecule has 1 unspecified atom stereocenters. The van der Waals surface area contributed by atoms with E-state index in [1.165, 1.54) is 6.26 Å². The lowest BCUT2D eigenvalue weighted by atomic mass is 9.97. The minimum absolute atomic E-state index is 0.0590. The first kappa shape index (κ1) is 13.5. The Hall–Kier alpha value is -0.580. The van der Waals surface area contributed by atoms with Gasteiger partial charge in [0.15, 0.2) is 0 Å². The molecule has 1 aromatic carbocycles. The third kappa shape index (κ3) is 4.12. The molecule has 1 aromatic rings. The van der Waals surface area contributed by atoms with Crippen molar-refractivity contribution in [2.45, 2.75) is 12.3 Å². The van der Waals surface area contributed by atoms with Gasteiger partial charge in [0, 0.05) is 17.2 Å². The second-order valence-corrected chi connectivity index (χ2v) is 6.49. The van der Waals surface area contributed by atoms with Crippen molar-refractivity contribution in [3.05, 3.63) is 34.9 Å². The summed E-state index contributed by atoms with van der Waals surface area (Å²) < 4.78 is 22.1. The fourth-order valence-electron chi connectivity index (χ4n) is 1.51. The number of sulfone groups is 1. The fourth-order valence-corrected chi connectivity index (χ4v) is 2.51. The van der Waals surface area contributed by atoms with Gasteiger partial charge in [-0.1, -0.05) is 29.8 Å². The van der Waals surface area contributed by atoms with Crippen LogP contribution in [0.25, 0.3) is 0 Å². The van der Waals surface area contributed by atoms with Gasteiger partial charge in [0.2, 0.25) is 0 Å². The minimum Gasteiger partial charge on any atom is -0.396 e. The highest BCUT2D eigenvalue weighted by Gasteiger charge is 2.15. The van der Waals surface area contributed by atoms with Gasteiger partial charge in [-0.25, -0.2) is 8.42 Å². The van der Waals surface area contributed by atoms with Crippen molar-refractivity contribution < 1.29 is 13.5 Å². The van der Waals surface area contributed by atoms with E-state index in [9.17, 15) is 13.5 Å². The molecule has 0 saturated heterocycles. The summed E-state index contributed by atoms with van der Waals surface area (Å²) in [6, 6.07) is 7.17. The predicted octanol–water partition coefficient (Wildman–Crippen LogP) is 1.85. The van der Waals surface area contributed by atoms with Crippen LogP contribution in [0, 0.1) is 0 Å². The van der Waals surface area contributed by atoms with Crippen molar-refractivity contribution in [1.29, 1.82) is 0 Å². The molecule has 0 aliphatic heterocycles. The molecule has 1 N–H and O–H groups in total. The van der Waals surface area contributed by atoms with Crippen LogP contribution in [0.1, 0.15) is 17.9 Å². The van der Waals surface area contributed by atoms with Gasteiger partial charge < -0.3 is 5.11 Å². The maximum absolute atomic E-state index is 11.1. The zero-order chi connectivity index (χ0) is 12.2. The molecule has 0 bridgehead atoms. The van der Waals surface area contributed by atoms with Gasteiger partial charge in [-0.3, -0.25) is 0 Å². The summed E-state index contributed by atoms with van der Waals surface area (Å²) in [7, 11) is -3.00. The van der Waals surface area contributed by atoms with Crippen LogP contribution < -0.4 is 0 Å². The predicted molar refractivity (Wildman–Crippen MR) is 65.6 cm³/mol. The van der Waals surface area contributed by atoms with Crippen LogP contribution >= 0.6 is 11.6 Å². The van der Waals surface area contributed by atoms with E-state index >= 15 is 0 Å². The van der Waals surface area contributed by atoms with Crippen molar-refractivity contribution in [3.8, 4) is 0 Å². The summed E-state index contributed by atoms with van der Waals surface area (Å²) in [5.41, 5.74) is 0.801. The van der Waals surface area contributed by atoms with E-state index in [0.29, 0.717) is 11.4 Å². The van der Waals surface area contributed by atoms with Crippen molar-refractivity contribution in [3.63, 3.8) is 0 Å². The molecule has 0 aromatic heterocycles. The first-order chi connectivity index (χ1) is 7.44. The third-order valence-electron chi connectivity index (χ3n) is 2.40. The molecule has 3 nitrogen and oxygen atoms in total. The normalized spacial score (nSPS) is 13.7. The first-order valence-corrected chi connectivity index (χ1v) is 7.41. The highest BCUT2D eigenvalue weighted by atomic mass is 35.5. The average molecular weight is 263 g/mol. The molecule has 0 saturated carbocycles. The zero-order valence-corrected chi connectivity index (χ0v) is 10.6. The van der Waals surface area contributed by atoms with Crippen molar-refractivity contribution in [2.75, 3.05) is 18.6 Å². The fraction of sp³-hybridized carbons (Fsp3) is 0.455. The van der Waals surface area contributed by atoms with Crippen molar-refractivity contribution in [1.82, 2.24) is 0 Å². The van der Waals surface area contributed by atoms with Crippen molar-refractivity contribution >= 4 is 21.4 Å². The molecule has 1 rings (SSSR count). The summed E-state index contributed by atoms with van der Waals surface area (Å²) in [6.07, 6.45) is 1.58. The quantitative estimate of drug-likeness (QED) is 0.881. The van der Waals surface area contributed by atoms with E-state index in [4.69, 9.17) is 11.6 Å². The molecule has 0 amide bonds. The number of aliphatic hydroxyl groups excluding tert-OH is 1. The Morgan fingerprint density at radius 2 is 2.00 bits per heavy atom. The maximum Gasteiger partial charge on any atom is 0.147 e. The average Bonchev–Trinajstić information content (AvgIpc) is 2.20. The molecule has 0 radical (unpaired) electrons. The summed E-state index contributed by atoms with van der Waals surface area (Å²) in [6.45, 7) is -0.0980. The number of benzene rings is 1. The first-order valence-electron chi connectivity index (χ1n) is 4.97. The largest absolute Gasteiger partial charge is 0.396 e. The third-order valence-corrected chi connectivity index (χ3v) is 3.72. The minimum atomic E-state index is -3.00. The Morgan fingerprint density at radius 3 is 2.50 bits per heavy atom. The molecule has 16 heavy (non-hydrogen) atoms.